The van der Waals surface area contributed by atoms with Crippen LogP contribution in [0.2, 0.25) is 5.02 Å². The first kappa shape index (κ1) is 20.6. The van der Waals surface area contributed by atoms with E-state index in [1.807, 2.05) is 49.4 Å². The van der Waals surface area contributed by atoms with Crippen molar-refractivity contribution in [3.63, 3.8) is 0 Å². The number of nitrogens with zero attached hydrogens (tertiary/aromatic N) is 2. The molecule has 0 aliphatic carbocycles. The summed E-state index contributed by atoms with van der Waals surface area (Å²) in [5, 5.41) is 15.2. The molecular formula is C22H27ClN2O3. The minimum atomic E-state index is -0.372. The molecule has 0 spiro atoms. The predicted molar refractivity (Wildman–Crippen MR) is 112 cm³/mol. The molecule has 2 atom stereocenters. The minimum Gasteiger partial charge on any atom is -0.497 e. The Hall–Kier alpha value is -2.08. The number of rotatable bonds is 9. The average molecular weight is 403 g/mol. The minimum absolute atomic E-state index is 0.0414. The van der Waals surface area contributed by atoms with Crippen LogP contribution in [0.15, 0.2) is 53.7 Å². The molecule has 0 radical (unpaired) electrons. The van der Waals surface area contributed by atoms with Gasteiger partial charge in [0.2, 0.25) is 0 Å². The molecule has 6 heteroatoms. The second-order valence-electron chi connectivity index (χ2n) is 7.08. The van der Waals surface area contributed by atoms with Crippen LogP contribution in [-0.2, 0) is 11.4 Å². The first-order valence-electron chi connectivity index (χ1n) is 9.59. The number of halogens is 1. The van der Waals surface area contributed by atoms with E-state index in [0.29, 0.717) is 31.1 Å². The van der Waals surface area contributed by atoms with Gasteiger partial charge < -0.3 is 14.7 Å². The third kappa shape index (κ3) is 5.71. The molecule has 0 unspecified atom stereocenters. The molecule has 0 amide bonds. The number of aliphatic hydroxyl groups excluding tert-OH is 1. The summed E-state index contributed by atoms with van der Waals surface area (Å²) in [4.78, 5) is 7.90. The van der Waals surface area contributed by atoms with Crippen molar-refractivity contribution in [3.8, 4) is 5.75 Å². The highest BCUT2D eigenvalue weighted by Gasteiger charge is 2.25. The van der Waals surface area contributed by atoms with E-state index in [4.69, 9.17) is 21.2 Å². The number of ether oxygens (including phenoxy) is 1. The zero-order valence-electron chi connectivity index (χ0n) is 16.3. The quantitative estimate of drug-likeness (QED) is 0.685. The fourth-order valence-electron chi connectivity index (χ4n) is 3.29. The van der Waals surface area contributed by atoms with Crippen molar-refractivity contribution in [1.29, 1.82) is 0 Å². The van der Waals surface area contributed by atoms with Crippen molar-refractivity contribution in [1.82, 2.24) is 4.90 Å². The molecule has 5 nitrogen and oxygen atoms in total. The Morgan fingerprint density at radius 1 is 1.29 bits per heavy atom. The highest BCUT2D eigenvalue weighted by Crippen LogP contribution is 2.21. The predicted octanol–water partition coefficient (Wildman–Crippen LogP) is 4.11. The lowest BCUT2D eigenvalue weighted by Gasteiger charge is -2.26. The normalized spacial score (nSPS) is 17.3. The van der Waals surface area contributed by atoms with Crippen LogP contribution in [0.4, 0.5) is 0 Å². The molecule has 1 aliphatic heterocycles. The van der Waals surface area contributed by atoms with E-state index in [1.54, 1.807) is 7.11 Å². The van der Waals surface area contributed by atoms with Gasteiger partial charge in [0.15, 0.2) is 0 Å². The third-order valence-corrected chi connectivity index (χ3v) is 5.10. The summed E-state index contributed by atoms with van der Waals surface area (Å²) in [7, 11) is 1.67. The summed E-state index contributed by atoms with van der Waals surface area (Å²) in [6.07, 6.45) is 1.04. The maximum absolute atomic E-state index is 10.2. The van der Waals surface area contributed by atoms with Crippen molar-refractivity contribution in [3.05, 3.63) is 64.7 Å². The number of oxime groups is 1. The Labute approximate surface area is 171 Å². The summed E-state index contributed by atoms with van der Waals surface area (Å²) in [5.41, 5.74) is 3.10. The first-order chi connectivity index (χ1) is 13.6. The Bertz CT molecular complexity index is 795. The Morgan fingerprint density at radius 3 is 2.79 bits per heavy atom. The van der Waals surface area contributed by atoms with Gasteiger partial charge >= 0.3 is 0 Å². The Balaban J connectivity index is 1.63. The molecule has 1 N–H and O–H groups in total. The van der Waals surface area contributed by atoms with E-state index in [9.17, 15) is 5.11 Å². The van der Waals surface area contributed by atoms with E-state index < -0.39 is 0 Å². The molecular weight excluding hydrogens is 376 g/mol. The summed E-state index contributed by atoms with van der Waals surface area (Å²) in [6.45, 7) is 3.98. The van der Waals surface area contributed by atoms with Crippen LogP contribution in [0.3, 0.4) is 0 Å². The average Bonchev–Trinajstić information content (AvgIpc) is 3.17. The van der Waals surface area contributed by atoms with Crippen molar-refractivity contribution in [2.45, 2.75) is 38.5 Å². The summed E-state index contributed by atoms with van der Waals surface area (Å²) < 4.78 is 5.32. The second kappa shape index (κ2) is 9.92. The van der Waals surface area contributed by atoms with Gasteiger partial charge in [-0.3, -0.25) is 4.90 Å². The standard InChI is InChI=1S/C22H27ClN2O3/c1-3-19(26)14-25(13-16-5-4-6-20(11-16)27-2)15-21-12-22(24-28-21)17-7-9-18(23)10-8-17/h4-11,19,21,26H,3,12-15H2,1-2H3/t19-,21+/m0/s1. The molecule has 0 aromatic heterocycles. The van der Waals surface area contributed by atoms with Gasteiger partial charge in [0.05, 0.1) is 18.9 Å². The molecule has 0 fully saturated rings. The molecule has 150 valence electrons. The van der Waals surface area contributed by atoms with Crippen LogP contribution in [0.5, 0.6) is 5.75 Å². The SMILES string of the molecule is CC[C@H](O)CN(Cc1cccc(OC)c1)C[C@H]1CC(c2ccc(Cl)cc2)=NO1. The lowest BCUT2D eigenvalue weighted by Crippen LogP contribution is -2.37. The summed E-state index contributed by atoms with van der Waals surface area (Å²) in [5.74, 6) is 0.832. The number of aliphatic hydroxyl groups is 1. The van der Waals surface area contributed by atoms with E-state index in [2.05, 4.69) is 16.1 Å². The zero-order chi connectivity index (χ0) is 19.9. The zero-order valence-corrected chi connectivity index (χ0v) is 17.1. The molecule has 2 aromatic rings. The highest BCUT2D eigenvalue weighted by molar-refractivity contribution is 6.30. The largest absolute Gasteiger partial charge is 0.497 e. The highest BCUT2D eigenvalue weighted by atomic mass is 35.5. The maximum Gasteiger partial charge on any atom is 0.145 e. The molecule has 1 aliphatic rings. The number of hydrogen-bond donors (Lipinski definition) is 1. The maximum atomic E-state index is 10.2. The lowest BCUT2D eigenvalue weighted by molar-refractivity contribution is 0.0315. The Kier molecular flexibility index (Phi) is 7.31. The number of benzene rings is 2. The molecule has 0 saturated heterocycles. The van der Waals surface area contributed by atoms with Crippen molar-refractivity contribution < 1.29 is 14.7 Å². The summed E-state index contributed by atoms with van der Waals surface area (Å²) in [6, 6.07) is 15.6. The Morgan fingerprint density at radius 2 is 2.07 bits per heavy atom. The van der Waals surface area contributed by atoms with Gasteiger partial charge in [-0.2, -0.15) is 0 Å². The van der Waals surface area contributed by atoms with Gasteiger partial charge in [0, 0.05) is 31.1 Å². The molecule has 0 bridgehead atoms. The molecule has 2 aromatic carbocycles. The molecule has 1 heterocycles. The van der Waals surface area contributed by atoms with Gasteiger partial charge in [-0.05, 0) is 41.8 Å². The smallest absolute Gasteiger partial charge is 0.145 e. The molecule has 28 heavy (non-hydrogen) atoms. The fourth-order valence-corrected chi connectivity index (χ4v) is 3.41. The fraction of sp³-hybridized carbons (Fsp3) is 0.409. The number of methoxy groups -OCH3 is 1. The van der Waals surface area contributed by atoms with E-state index >= 15 is 0 Å². The van der Waals surface area contributed by atoms with Crippen LogP contribution in [-0.4, -0.2) is 48.1 Å². The number of hydrogen-bond acceptors (Lipinski definition) is 5. The van der Waals surface area contributed by atoms with E-state index in [-0.39, 0.29) is 12.2 Å². The molecule has 0 saturated carbocycles. The van der Waals surface area contributed by atoms with E-state index in [0.717, 1.165) is 29.0 Å². The van der Waals surface area contributed by atoms with Crippen LogP contribution in [0.1, 0.15) is 30.9 Å². The van der Waals surface area contributed by atoms with Crippen molar-refractivity contribution in [2.24, 2.45) is 5.16 Å². The van der Waals surface area contributed by atoms with Crippen LogP contribution in [0, 0.1) is 0 Å². The van der Waals surface area contributed by atoms with Gasteiger partial charge in [0.1, 0.15) is 11.9 Å². The molecule has 3 rings (SSSR count). The second-order valence-corrected chi connectivity index (χ2v) is 7.52. The van der Waals surface area contributed by atoms with Gasteiger partial charge in [-0.25, -0.2) is 0 Å². The van der Waals surface area contributed by atoms with Crippen LogP contribution < -0.4 is 4.74 Å². The lowest BCUT2D eigenvalue weighted by atomic mass is 10.0. The van der Waals surface area contributed by atoms with Crippen LogP contribution >= 0.6 is 11.6 Å². The van der Waals surface area contributed by atoms with E-state index in [1.165, 1.54) is 0 Å². The third-order valence-electron chi connectivity index (χ3n) is 4.85. The van der Waals surface area contributed by atoms with Crippen molar-refractivity contribution in [2.75, 3.05) is 20.2 Å². The monoisotopic (exact) mass is 402 g/mol. The van der Waals surface area contributed by atoms with Gasteiger partial charge in [-0.15, -0.1) is 0 Å². The first-order valence-corrected chi connectivity index (χ1v) is 9.97. The van der Waals surface area contributed by atoms with Crippen LogP contribution in [0.25, 0.3) is 0 Å². The summed E-state index contributed by atoms with van der Waals surface area (Å²) >= 11 is 5.97. The topological polar surface area (TPSA) is 54.3 Å². The van der Waals surface area contributed by atoms with Gasteiger partial charge in [-0.1, -0.05) is 47.9 Å². The van der Waals surface area contributed by atoms with Gasteiger partial charge in [0.25, 0.3) is 0 Å². The van der Waals surface area contributed by atoms with Crippen molar-refractivity contribution >= 4 is 17.3 Å².